The van der Waals surface area contributed by atoms with Crippen molar-refractivity contribution in [2.45, 2.75) is 82.6 Å². The van der Waals surface area contributed by atoms with Crippen LogP contribution in [-0.4, -0.2) is 81.6 Å². The third-order valence-corrected chi connectivity index (χ3v) is 11.9. The summed E-state index contributed by atoms with van der Waals surface area (Å²) in [5.74, 6) is -1.21. The molecule has 0 spiro atoms. The van der Waals surface area contributed by atoms with Crippen molar-refractivity contribution in [2.75, 3.05) is 33.0 Å². The SMILES string of the molecule is C=CCOc1ccc2c(c1)C1C(CCCCO)C(CCCCO)C=C3C(=NOCc4ccc([N+](=O)[O-])cc4)CC(N(CCC)C(=O)Oc4ccc([N+](=O)[O-])cc4)C(OCC=C)(O2)C31. The number of non-ortho nitro benzene ring substituents is 2. The summed E-state index contributed by atoms with van der Waals surface area (Å²) in [4.78, 5) is 44.0. The number of benzene rings is 3. The Morgan fingerprint density at radius 2 is 1.57 bits per heavy atom. The zero-order valence-electron chi connectivity index (χ0n) is 35.5. The van der Waals surface area contributed by atoms with Gasteiger partial charge in [0.25, 0.3) is 11.4 Å². The van der Waals surface area contributed by atoms with Crippen LogP contribution in [-0.2, 0) is 16.2 Å². The lowest BCUT2D eigenvalue weighted by atomic mass is 9.55. The molecule has 6 unspecified atom stereocenters. The van der Waals surface area contributed by atoms with Gasteiger partial charge in [0.05, 0.1) is 28.1 Å². The number of aliphatic hydroxyl groups excluding tert-OH is 2. The Balaban J connectivity index is 1.55. The second-order valence-corrected chi connectivity index (χ2v) is 15.9. The Morgan fingerprint density at radius 3 is 2.21 bits per heavy atom. The fourth-order valence-electron chi connectivity index (χ4n) is 9.20. The molecular formula is C47H56N4O12. The predicted molar refractivity (Wildman–Crippen MR) is 235 cm³/mol. The first kappa shape index (κ1) is 46.4. The molecule has 336 valence electrons. The summed E-state index contributed by atoms with van der Waals surface area (Å²) in [6, 6.07) is 16.1. The molecule has 0 aromatic heterocycles. The third kappa shape index (κ3) is 10.6. The summed E-state index contributed by atoms with van der Waals surface area (Å²) in [7, 11) is 0. The van der Waals surface area contributed by atoms with Gasteiger partial charge >= 0.3 is 6.09 Å². The Bertz CT molecular complexity index is 2140. The van der Waals surface area contributed by atoms with E-state index in [-0.39, 0.29) is 80.9 Å². The van der Waals surface area contributed by atoms with Crippen molar-refractivity contribution in [1.82, 2.24) is 4.90 Å². The van der Waals surface area contributed by atoms with Crippen LogP contribution in [0.5, 0.6) is 17.2 Å². The normalized spacial score (nSPS) is 22.7. The van der Waals surface area contributed by atoms with Gasteiger partial charge in [0, 0.05) is 61.9 Å². The Hall–Kier alpha value is -6.10. The number of fused-ring (bicyclic) bond motifs is 2. The molecule has 1 aliphatic heterocycles. The molecule has 0 saturated heterocycles. The molecule has 3 aliphatic rings. The van der Waals surface area contributed by atoms with Gasteiger partial charge in [0.15, 0.2) is 0 Å². The Kier molecular flexibility index (Phi) is 16.1. The Labute approximate surface area is 366 Å². The number of carbonyl (C=O) groups is 1. The Morgan fingerprint density at radius 1 is 0.921 bits per heavy atom. The first-order valence-corrected chi connectivity index (χ1v) is 21.5. The van der Waals surface area contributed by atoms with Gasteiger partial charge in [-0.15, -0.1) is 6.58 Å². The van der Waals surface area contributed by atoms with Crippen molar-refractivity contribution in [1.29, 1.82) is 0 Å². The maximum Gasteiger partial charge on any atom is 0.415 e. The first-order chi connectivity index (χ1) is 30.6. The minimum absolute atomic E-state index is 0.000444. The van der Waals surface area contributed by atoms with Gasteiger partial charge in [-0.2, -0.15) is 0 Å². The third-order valence-electron chi connectivity index (χ3n) is 11.9. The quantitative estimate of drug-likeness (QED) is 0.0397. The van der Waals surface area contributed by atoms with Crippen LogP contribution in [0.1, 0.15) is 75.3 Å². The zero-order valence-corrected chi connectivity index (χ0v) is 35.5. The fraction of sp³-hybridized carbons (Fsp3) is 0.447. The molecule has 3 aromatic carbocycles. The predicted octanol–water partition coefficient (Wildman–Crippen LogP) is 8.81. The number of hydrogen-bond donors (Lipinski definition) is 2. The van der Waals surface area contributed by atoms with E-state index in [0.29, 0.717) is 42.0 Å². The highest BCUT2D eigenvalue weighted by atomic mass is 16.7. The second kappa shape index (κ2) is 21.8. The molecule has 0 radical (unpaired) electrons. The van der Waals surface area contributed by atoms with Crippen LogP contribution < -0.4 is 14.2 Å². The molecule has 16 heteroatoms. The molecule has 1 heterocycles. The molecule has 6 rings (SSSR count). The summed E-state index contributed by atoms with van der Waals surface area (Å²) in [5, 5.41) is 47.3. The van der Waals surface area contributed by atoms with E-state index in [2.05, 4.69) is 19.2 Å². The van der Waals surface area contributed by atoms with Gasteiger partial charge in [-0.25, -0.2) is 4.79 Å². The number of rotatable bonds is 23. The number of amides is 1. The van der Waals surface area contributed by atoms with Crippen LogP contribution in [0.4, 0.5) is 16.2 Å². The van der Waals surface area contributed by atoms with E-state index >= 15 is 0 Å². The monoisotopic (exact) mass is 868 g/mol. The number of ether oxygens (including phenoxy) is 4. The van der Waals surface area contributed by atoms with Crippen molar-refractivity contribution < 1.29 is 48.6 Å². The smallest absolute Gasteiger partial charge is 0.415 e. The van der Waals surface area contributed by atoms with Crippen LogP contribution in [0.2, 0.25) is 0 Å². The van der Waals surface area contributed by atoms with Crippen LogP contribution in [0.25, 0.3) is 0 Å². The minimum atomic E-state index is -1.55. The summed E-state index contributed by atoms with van der Waals surface area (Å²) >= 11 is 0. The van der Waals surface area contributed by atoms with E-state index in [1.165, 1.54) is 36.4 Å². The highest BCUT2D eigenvalue weighted by molar-refractivity contribution is 6.03. The lowest BCUT2D eigenvalue weighted by Crippen LogP contribution is -2.70. The highest BCUT2D eigenvalue weighted by Gasteiger charge is 2.65. The van der Waals surface area contributed by atoms with Crippen LogP contribution >= 0.6 is 0 Å². The molecule has 63 heavy (non-hydrogen) atoms. The van der Waals surface area contributed by atoms with Gasteiger partial charge < -0.3 is 34.0 Å². The van der Waals surface area contributed by atoms with Crippen molar-refractivity contribution in [2.24, 2.45) is 22.9 Å². The van der Waals surface area contributed by atoms with Gasteiger partial charge in [0.1, 0.15) is 36.5 Å². The average Bonchev–Trinajstić information content (AvgIpc) is 3.28. The van der Waals surface area contributed by atoms with Crippen molar-refractivity contribution in [3.63, 3.8) is 0 Å². The van der Waals surface area contributed by atoms with E-state index < -0.39 is 33.7 Å². The maximum absolute atomic E-state index is 14.6. The zero-order chi connectivity index (χ0) is 44.9. The van der Waals surface area contributed by atoms with Crippen molar-refractivity contribution in [3.8, 4) is 17.2 Å². The van der Waals surface area contributed by atoms with E-state index in [1.54, 1.807) is 29.2 Å². The van der Waals surface area contributed by atoms with E-state index in [1.807, 2.05) is 25.1 Å². The minimum Gasteiger partial charge on any atom is -0.490 e. The van der Waals surface area contributed by atoms with Crippen molar-refractivity contribution >= 4 is 23.2 Å². The van der Waals surface area contributed by atoms with E-state index in [9.17, 15) is 35.2 Å². The molecule has 0 bridgehead atoms. The fourth-order valence-corrected chi connectivity index (χ4v) is 9.20. The molecule has 1 fully saturated rings. The second-order valence-electron chi connectivity index (χ2n) is 15.9. The molecule has 2 aliphatic carbocycles. The summed E-state index contributed by atoms with van der Waals surface area (Å²) < 4.78 is 26.2. The number of nitro groups is 2. The number of hydrogen-bond acceptors (Lipinski definition) is 13. The summed E-state index contributed by atoms with van der Waals surface area (Å²) in [5.41, 5.74) is 2.70. The number of nitro benzene ring substituents is 2. The standard InChI is InChI=1S/C47H56N4O12/c1-4-23-49(46(54)62-36-19-17-35(18-20-36)51(57)58)43-30-41(48-61-31-32-13-15-34(16-14-32)50(55)56)39-28-33(11-7-9-24-52)38(12-8-10-25-53)44-40-29-37(59-26-5-2)21-22-42(40)63-47(43,45(39)44)60-27-6-3/h5-6,13-22,28-29,33,38,43-45,52-53H,2-4,7-12,23-27,30-31H2,1H3. The number of allylic oxidation sites excluding steroid dienone is 1. The number of nitrogens with zero attached hydrogens (tertiary/aromatic N) is 4. The summed E-state index contributed by atoms with van der Waals surface area (Å²) in [6.45, 7) is 10.4. The molecule has 6 atom stereocenters. The topological polar surface area (TPSA) is 206 Å². The van der Waals surface area contributed by atoms with Crippen LogP contribution in [0.15, 0.2) is 109 Å². The highest BCUT2D eigenvalue weighted by Crippen LogP contribution is 2.62. The lowest BCUT2D eigenvalue weighted by Gasteiger charge is -2.59. The largest absolute Gasteiger partial charge is 0.490 e. The molecular weight excluding hydrogens is 813 g/mol. The maximum atomic E-state index is 14.6. The van der Waals surface area contributed by atoms with Crippen LogP contribution in [0, 0.1) is 38.0 Å². The van der Waals surface area contributed by atoms with Gasteiger partial charge in [0.2, 0.25) is 5.79 Å². The first-order valence-electron chi connectivity index (χ1n) is 21.5. The molecule has 2 N–H and O–H groups in total. The molecule has 1 saturated carbocycles. The molecule has 16 nitrogen and oxygen atoms in total. The average molecular weight is 869 g/mol. The van der Waals surface area contributed by atoms with Crippen LogP contribution in [0.3, 0.4) is 0 Å². The van der Waals surface area contributed by atoms with Gasteiger partial charge in [-0.1, -0.05) is 49.7 Å². The number of oxime groups is 1. The summed E-state index contributed by atoms with van der Waals surface area (Å²) in [6.07, 6.45) is 9.60. The molecule has 3 aromatic rings. The van der Waals surface area contributed by atoms with Gasteiger partial charge in [-0.05, 0) is 97.5 Å². The number of unbranched alkanes of at least 4 members (excludes halogenated alkanes) is 2. The van der Waals surface area contributed by atoms with E-state index in [4.69, 9.17) is 28.9 Å². The van der Waals surface area contributed by atoms with E-state index in [0.717, 1.165) is 36.8 Å². The lowest BCUT2D eigenvalue weighted by molar-refractivity contribution is -0.385. The van der Waals surface area contributed by atoms with Gasteiger partial charge in [-0.3, -0.25) is 25.1 Å². The van der Waals surface area contributed by atoms with Crippen molar-refractivity contribution in [3.05, 3.63) is 135 Å². The molecule has 1 amide bonds. The number of aliphatic hydroxyl groups is 2. The number of carbonyl (C=O) groups excluding carboxylic acids is 1.